The van der Waals surface area contributed by atoms with E-state index in [1.807, 2.05) is 26.0 Å². The summed E-state index contributed by atoms with van der Waals surface area (Å²) in [4.78, 5) is 11.6. The Balaban J connectivity index is 3.06. The molecule has 0 fully saturated rings. The number of hydrogen-bond donors (Lipinski definition) is 1. The molecule has 0 aromatic heterocycles. The Morgan fingerprint density at radius 2 is 1.86 bits per heavy atom. The summed E-state index contributed by atoms with van der Waals surface area (Å²) in [6, 6.07) is 3.80. The Morgan fingerprint density at radius 1 is 1.36 bits per heavy atom. The fourth-order valence-corrected chi connectivity index (χ4v) is 1.61. The lowest BCUT2D eigenvalue weighted by atomic mass is 10.0. The molecule has 1 rings (SSSR count). The lowest BCUT2D eigenvalue weighted by Crippen LogP contribution is -2.08. The number of ketones is 1. The Bertz CT molecular complexity index is 337. The molecule has 0 amide bonds. The summed E-state index contributed by atoms with van der Waals surface area (Å²) < 4.78 is 1.07. The molecule has 0 aliphatic rings. The summed E-state index contributed by atoms with van der Waals surface area (Å²) >= 11 is 3.47. The van der Waals surface area contributed by atoms with Crippen molar-refractivity contribution in [3.63, 3.8) is 0 Å². The van der Waals surface area contributed by atoms with Gasteiger partial charge in [-0.15, -0.1) is 0 Å². The van der Waals surface area contributed by atoms with Gasteiger partial charge < -0.3 is 5.73 Å². The van der Waals surface area contributed by atoms with Gasteiger partial charge in [0.2, 0.25) is 0 Å². The lowest BCUT2D eigenvalue weighted by Gasteiger charge is -2.06. The minimum atomic E-state index is 0.117. The molecule has 1 aromatic rings. The number of carbonyl (C=O) groups excluding carboxylic acids is 1. The van der Waals surface area contributed by atoms with E-state index in [9.17, 15) is 4.79 Å². The van der Waals surface area contributed by atoms with Crippen LogP contribution in [-0.4, -0.2) is 12.3 Å². The highest BCUT2D eigenvalue weighted by Gasteiger charge is 2.08. The standard InChI is InChI=1S/C11H14BrNO/c1-7-5-9(10(14)3-4-13)6-8(2)11(7)12/h5-6H,3-4,13H2,1-2H3. The van der Waals surface area contributed by atoms with Crippen molar-refractivity contribution < 1.29 is 4.79 Å². The predicted molar refractivity (Wildman–Crippen MR) is 61.6 cm³/mol. The highest BCUT2D eigenvalue weighted by molar-refractivity contribution is 9.10. The van der Waals surface area contributed by atoms with Crippen LogP contribution in [0.15, 0.2) is 16.6 Å². The number of Topliss-reactive ketones (excluding diaryl/α,β-unsaturated/α-hetero) is 1. The van der Waals surface area contributed by atoms with Crippen LogP contribution in [0.5, 0.6) is 0 Å². The van der Waals surface area contributed by atoms with Gasteiger partial charge in [-0.25, -0.2) is 0 Å². The number of carbonyl (C=O) groups is 1. The van der Waals surface area contributed by atoms with Crippen molar-refractivity contribution in [1.82, 2.24) is 0 Å². The molecule has 76 valence electrons. The highest BCUT2D eigenvalue weighted by atomic mass is 79.9. The van der Waals surface area contributed by atoms with E-state index in [0.717, 1.165) is 21.2 Å². The molecule has 0 aliphatic heterocycles. The maximum Gasteiger partial charge on any atom is 0.164 e. The molecule has 0 saturated heterocycles. The van der Waals surface area contributed by atoms with Gasteiger partial charge in [-0.1, -0.05) is 15.9 Å². The second-order valence-electron chi connectivity index (χ2n) is 3.39. The molecule has 2 nitrogen and oxygen atoms in total. The molecule has 0 bridgehead atoms. The van der Waals surface area contributed by atoms with Gasteiger partial charge in [0.25, 0.3) is 0 Å². The smallest absolute Gasteiger partial charge is 0.164 e. The van der Waals surface area contributed by atoms with Gasteiger partial charge in [-0.3, -0.25) is 4.79 Å². The Labute approximate surface area is 92.6 Å². The van der Waals surface area contributed by atoms with E-state index >= 15 is 0 Å². The molecule has 0 atom stereocenters. The normalized spacial score (nSPS) is 10.3. The molecule has 2 N–H and O–H groups in total. The zero-order valence-electron chi connectivity index (χ0n) is 8.43. The first-order valence-corrected chi connectivity index (χ1v) is 5.35. The number of hydrogen-bond acceptors (Lipinski definition) is 2. The number of benzene rings is 1. The maximum atomic E-state index is 11.6. The highest BCUT2D eigenvalue weighted by Crippen LogP contribution is 2.22. The third-order valence-corrected chi connectivity index (χ3v) is 3.38. The van der Waals surface area contributed by atoms with Gasteiger partial charge in [-0.2, -0.15) is 0 Å². The largest absolute Gasteiger partial charge is 0.330 e. The van der Waals surface area contributed by atoms with Crippen molar-refractivity contribution in [2.75, 3.05) is 6.54 Å². The minimum Gasteiger partial charge on any atom is -0.330 e. The van der Waals surface area contributed by atoms with Gasteiger partial charge in [-0.05, 0) is 43.7 Å². The van der Waals surface area contributed by atoms with E-state index in [4.69, 9.17) is 5.73 Å². The number of rotatable bonds is 3. The molecule has 3 heteroatoms. The molecular weight excluding hydrogens is 242 g/mol. The van der Waals surface area contributed by atoms with Crippen LogP contribution in [0.3, 0.4) is 0 Å². The van der Waals surface area contributed by atoms with E-state index in [2.05, 4.69) is 15.9 Å². The first-order valence-electron chi connectivity index (χ1n) is 4.56. The number of halogens is 1. The van der Waals surface area contributed by atoms with E-state index in [1.54, 1.807) is 0 Å². The molecule has 0 unspecified atom stereocenters. The van der Waals surface area contributed by atoms with Crippen LogP contribution in [0.2, 0.25) is 0 Å². The minimum absolute atomic E-state index is 0.117. The summed E-state index contributed by atoms with van der Waals surface area (Å²) in [6.07, 6.45) is 0.417. The van der Waals surface area contributed by atoms with Crippen LogP contribution >= 0.6 is 15.9 Å². The molecule has 0 aliphatic carbocycles. The average molecular weight is 256 g/mol. The third-order valence-electron chi connectivity index (χ3n) is 2.13. The van der Waals surface area contributed by atoms with Crippen LogP contribution in [-0.2, 0) is 0 Å². The number of nitrogens with two attached hydrogens (primary N) is 1. The first kappa shape index (κ1) is 11.4. The molecule has 0 heterocycles. The quantitative estimate of drug-likeness (QED) is 0.844. The van der Waals surface area contributed by atoms with Gasteiger partial charge in [0.05, 0.1) is 0 Å². The van der Waals surface area contributed by atoms with Gasteiger partial charge in [0.15, 0.2) is 5.78 Å². The lowest BCUT2D eigenvalue weighted by molar-refractivity contribution is 0.0985. The van der Waals surface area contributed by atoms with E-state index in [-0.39, 0.29) is 5.78 Å². The Hall–Kier alpha value is -0.670. The fraction of sp³-hybridized carbons (Fsp3) is 0.364. The van der Waals surface area contributed by atoms with Crippen molar-refractivity contribution >= 4 is 21.7 Å². The van der Waals surface area contributed by atoms with Crippen molar-refractivity contribution in [3.8, 4) is 0 Å². The second-order valence-corrected chi connectivity index (χ2v) is 4.18. The first-order chi connectivity index (χ1) is 6.56. The summed E-state index contributed by atoms with van der Waals surface area (Å²) in [7, 11) is 0. The van der Waals surface area contributed by atoms with Crippen molar-refractivity contribution in [2.45, 2.75) is 20.3 Å². The van der Waals surface area contributed by atoms with Crippen LogP contribution in [0.1, 0.15) is 27.9 Å². The van der Waals surface area contributed by atoms with Gasteiger partial charge >= 0.3 is 0 Å². The monoisotopic (exact) mass is 255 g/mol. The predicted octanol–water partition coefficient (Wildman–Crippen LogP) is 2.60. The number of aryl methyl sites for hydroxylation is 2. The zero-order valence-corrected chi connectivity index (χ0v) is 10.0. The van der Waals surface area contributed by atoms with Crippen LogP contribution in [0.4, 0.5) is 0 Å². The van der Waals surface area contributed by atoms with Crippen molar-refractivity contribution in [1.29, 1.82) is 0 Å². The van der Waals surface area contributed by atoms with Gasteiger partial charge in [0.1, 0.15) is 0 Å². The molecule has 1 aromatic carbocycles. The van der Waals surface area contributed by atoms with E-state index < -0.39 is 0 Å². The Morgan fingerprint density at radius 3 is 2.29 bits per heavy atom. The molecule has 14 heavy (non-hydrogen) atoms. The molecule has 0 saturated carbocycles. The van der Waals surface area contributed by atoms with Crippen LogP contribution in [0.25, 0.3) is 0 Å². The summed E-state index contributed by atoms with van der Waals surface area (Å²) in [5.74, 6) is 0.117. The maximum absolute atomic E-state index is 11.6. The van der Waals surface area contributed by atoms with Crippen molar-refractivity contribution in [2.24, 2.45) is 5.73 Å². The third kappa shape index (κ3) is 2.42. The summed E-state index contributed by atoms with van der Waals surface area (Å²) in [5, 5.41) is 0. The summed E-state index contributed by atoms with van der Waals surface area (Å²) in [6.45, 7) is 4.37. The topological polar surface area (TPSA) is 43.1 Å². The second kappa shape index (κ2) is 4.71. The average Bonchev–Trinajstić information content (AvgIpc) is 2.13. The SMILES string of the molecule is Cc1cc(C(=O)CCN)cc(C)c1Br. The molecular formula is C11H14BrNO. The van der Waals surface area contributed by atoms with Crippen LogP contribution in [0, 0.1) is 13.8 Å². The fourth-order valence-electron chi connectivity index (χ4n) is 1.38. The summed E-state index contributed by atoms with van der Waals surface area (Å²) in [5.41, 5.74) is 8.28. The van der Waals surface area contributed by atoms with Crippen molar-refractivity contribution in [3.05, 3.63) is 33.3 Å². The zero-order chi connectivity index (χ0) is 10.7. The van der Waals surface area contributed by atoms with E-state index in [1.165, 1.54) is 0 Å². The molecule has 0 radical (unpaired) electrons. The Kier molecular flexibility index (Phi) is 3.84. The molecule has 0 spiro atoms. The van der Waals surface area contributed by atoms with Gasteiger partial charge in [0, 0.05) is 16.5 Å². The van der Waals surface area contributed by atoms with E-state index in [0.29, 0.717) is 13.0 Å². The van der Waals surface area contributed by atoms with Crippen LogP contribution < -0.4 is 5.73 Å².